The monoisotopic (exact) mass is 504 g/mol. The summed E-state index contributed by atoms with van der Waals surface area (Å²) < 4.78 is 0. The van der Waals surface area contributed by atoms with E-state index >= 15 is 0 Å². The molecular weight excluding hydrogens is 456 g/mol. The smallest absolute Gasteiger partial charge is 0.00151 e. The normalized spacial score (nSPS) is 14.1. The summed E-state index contributed by atoms with van der Waals surface area (Å²) in [6.07, 6.45) is 0. The van der Waals surface area contributed by atoms with Crippen molar-refractivity contribution < 1.29 is 0 Å². The predicted octanol–water partition coefficient (Wildman–Crippen LogP) is 11.5. The maximum Gasteiger partial charge on any atom is -0.00151 e. The zero-order valence-corrected chi connectivity index (χ0v) is 26.5. The number of rotatable bonds is 0. The first-order valence-electron chi connectivity index (χ1n) is 14.5. The van der Waals surface area contributed by atoms with Crippen LogP contribution in [0.15, 0.2) is 36.4 Å². The molecule has 0 atom stereocenters. The second-order valence-corrected chi connectivity index (χ2v) is 16.1. The van der Waals surface area contributed by atoms with Crippen molar-refractivity contribution in [1.29, 1.82) is 0 Å². The van der Waals surface area contributed by atoms with Crippen LogP contribution in [0.25, 0.3) is 43.1 Å². The lowest BCUT2D eigenvalue weighted by Gasteiger charge is -2.33. The minimum atomic E-state index is 0.0532. The molecule has 200 valence electrons. The third-order valence-corrected chi connectivity index (χ3v) is 8.73. The summed E-state index contributed by atoms with van der Waals surface area (Å²) in [4.78, 5) is 0. The fourth-order valence-electron chi connectivity index (χ4n) is 6.94. The molecule has 0 spiro atoms. The van der Waals surface area contributed by atoms with Crippen LogP contribution >= 0.6 is 0 Å². The quantitative estimate of drug-likeness (QED) is 0.145. The van der Waals surface area contributed by atoms with E-state index < -0.39 is 0 Å². The highest BCUT2D eigenvalue weighted by Gasteiger charge is 2.31. The molecule has 5 rings (SSSR count). The molecule has 0 nitrogen and oxygen atoms in total. The van der Waals surface area contributed by atoms with Gasteiger partial charge in [0.05, 0.1) is 0 Å². The van der Waals surface area contributed by atoms with E-state index in [2.05, 4.69) is 133 Å². The molecule has 0 aliphatic carbocycles. The number of hydrogen-bond donors (Lipinski definition) is 0. The Morgan fingerprint density at radius 3 is 0.974 bits per heavy atom. The first-order valence-corrected chi connectivity index (χ1v) is 14.5. The van der Waals surface area contributed by atoms with Gasteiger partial charge in [-0.1, -0.05) is 119 Å². The minimum Gasteiger partial charge on any atom is -0.0572 e. The van der Waals surface area contributed by atoms with E-state index in [1.807, 2.05) is 0 Å². The predicted molar refractivity (Wildman–Crippen MR) is 172 cm³/mol. The summed E-state index contributed by atoms with van der Waals surface area (Å²) in [6, 6.07) is 14.8. The zero-order valence-electron chi connectivity index (χ0n) is 26.5. The molecule has 0 saturated heterocycles. The van der Waals surface area contributed by atoms with Crippen molar-refractivity contribution in [2.24, 2.45) is 0 Å². The Bertz CT molecular complexity index is 1610. The Balaban J connectivity index is 2.23. The molecule has 0 radical (unpaired) electrons. The van der Waals surface area contributed by atoms with Crippen LogP contribution in [-0.2, 0) is 21.7 Å². The maximum absolute atomic E-state index is 2.51. The van der Waals surface area contributed by atoms with E-state index in [0.717, 1.165) is 0 Å². The first kappa shape index (κ1) is 27.0. The van der Waals surface area contributed by atoms with Crippen molar-refractivity contribution in [1.82, 2.24) is 0 Å². The van der Waals surface area contributed by atoms with Crippen LogP contribution in [0.4, 0.5) is 0 Å². The molecule has 5 aromatic carbocycles. The van der Waals surface area contributed by atoms with Crippen molar-refractivity contribution in [3.8, 4) is 0 Å². The molecule has 0 aliphatic rings. The second-order valence-electron chi connectivity index (χ2n) is 16.1. The molecule has 0 heteroatoms. The van der Waals surface area contributed by atoms with Crippen LogP contribution < -0.4 is 0 Å². The molecule has 0 saturated carbocycles. The molecular formula is C38H48. The van der Waals surface area contributed by atoms with E-state index in [1.54, 1.807) is 0 Å². The summed E-state index contributed by atoms with van der Waals surface area (Å²) in [7, 11) is 0. The van der Waals surface area contributed by atoms with Gasteiger partial charge in [-0.2, -0.15) is 0 Å². The molecule has 38 heavy (non-hydrogen) atoms. The zero-order chi connectivity index (χ0) is 28.3. The minimum absolute atomic E-state index is 0.0532. The van der Waals surface area contributed by atoms with Gasteiger partial charge in [0.25, 0.3) is 0 Å². The first-order chi connectivity index (χ1) is 17.2. The lowest BCUT2D eigenvalue weighted by molar-refractivity contribution is 0.580. The van der Waals surface area contributed by atoms with Crippen molar-refractivity contribution in [3.05, 3.63) is 69.8 Å². The molecule has 0 aromatic heterocycles. The Kier molecular flexibility index (Phi) is 5.66. The molecule has 0 heterocycles. The van der Waals surface area contributed by atoms with E-state index in [4.69, 9.17) is 0 Å². The van der Waals surface area contributed by atoms with E-state index in [-0.39, 0.29) is 21.7 Å². The van der Waals surface area contributed by atoms with Crippen molar-refractivity contribution >= 4 is 43.1 Å². The van der Waals surface area contributed by atoms with Crippen LogP contribution in [0.3, 0.4) is 0 Å². The Morgan fingerprint density at radius 1 is 0.342 bits per heavy atom. The van der Waals surface area contributed by atoms with Crippen LogP contribution in [0.2, 0.25) is 0 Å². The van der Waals surface area contributed by atoms with Crippen molar-refractivity contribution in [3.63, 3.8) is 0 Å². The third-order valence-electron chi connectivity index (χ3n) is 8.73. The number of benzene rings is 5. The van der Waals surface area contributed by atoms with E-state index in [1.165, 1.54) is 76.5 Å². The fraction of sp³-hybridized carbons (Fsp3) is 0.474. The van der Waals surface area contributed by atoms with Gasteiger partial charge in [-0.05, 0) is 112 Å². The lowest BCUT2D eigenvalue weighted by atomic mass is 9.71. The summed E-state index contributed by atoms with van der Waals surface area (Å²) in [5.74, 6) is 0. The van der Waals surface area contributed by atoms with Crippen LogP contribution in [0.5, 0.6) is 0 Å². The van der Waals surface area contributed by atoms with E-state index in [0.29, 0.717) is 0 Å². The van der Waals surface area contributed by atoms with Gasteiger partial charge < -0.3 is 0 Å². The highest BCUT2D eigenvalue weighted by atomic mass is 14.3. The molecule has 0 fully saturated rings. The van der Waals surface area contributed by atoms with Gasteiger partial charge in [-0.3, -0.25) is 0 Å². The topological polar surface area (TPSA) is 0 Å². The molecule has 5 aromatic rings. The summed E-state index contributed by atoms with van der Waals surface area (Å²) in [5.41, 5.74) is 8.86. The molecule has 0 bridgehead atoms. The standard InChI is InChI=1S/C38H48/c1-21-19-27(37(9,10)11)33-28(38(12,13)14)20-22(2)30-24-16-18-26(36(6,7)8)32-25(35(3,4)5)17-15-23(31(24)32)29(21)34(30)33/h15-20H,1-14H3. The average molecular weight is 505 g/mol. The molecule has 0 N–H and O–H groups in total. The SMILES string of the molecule is Cc1cc(C(C)(C)C)c2c(C(C)(C)C)cc(C)c3c4ccc(C(C)(C)C)c5c(C(C)(C)C)ccc(c1c23)c54. The van der Waals surface area contributed by atoms with Gasteiger partial charge in [0.1, 0.15) is 0 Å². The lowest BCUT2D eigenvalue weighted by Crippen LogP contribution is -2.19. The number of fused-ring (bicyclic) bond motifs is 2. The highest BCUT2D eigenvalue weighted by molar-refractivity contribution is 6.35. The summed E-state index contributed by atoms with van der Waals surface area (Å²) >= 11 is 0. The van der Waals surface area contributed by atoms with Gasteiger partial charge in [-0.25, -0.2) is 0 Å². The van der Waals surface area contributed by atoms with Crippen molar-refractivity contribution in [2.75, 3.05) is 0 Å². The molecule has 0 aliphatic heterocycles. The Hall–Kier alpha value is -2.60. The summed E-state index contributed by atoms with van der Waals surface area (Å²) in [6.45, 7) is 33.1. The second kappa shape index (κ2) is 7.97. The van der Waals surface area contributed by atoms with Gasteiger partial charge in [-0.15, -0.1) is 0 Å². The Morgan fingerprint density at radius 2 is 0.658 bits per heavy atom. The van der Waals surface area contributed by atoms with Crippen LogP contribution in [0, 0.1) is 13.8 Å². The average Bonchev–Trinajstić information content (AvgIpc) is 2.74. The number of hydrogen-bond acceptors (Lipinski definition) is 0. The van der Waals surface area contributed by atoms with Crippen LogP contribution in [-0.4, -0.2) is 0 Å². The van der Waals surface area contributed by atoms with E-state index in [9.17, 15) is 0 Å². The van der Waals surface area contributed by atoms with Crippen molar-refractivity contribution in [2.45, 2.75) is 119 Å². The molecule has 0 amide bonds. The van der Waals surface area contributed by atoms with Gasteiger partial charge in [0.2, 0.25) is 0 Å². The van der Waals surface area contributed by atoms with Gasteiger partial charge in [0, 0.05) is 0 Å². The van der Waals surface area contributed by atoms with Gasteiger partial charge in [0.15, 0.2) is 0 Å². The number of aryl methyl sites for hydroxylation is 2. The van der Waals surface area contributed by atoms with Crippen LogP contribution in [0.1, 0.15) is 116 Å². The van der Waals surface area contributed by atoms with Gasteiger partial charge >= 0.3 is 0 Å². The molecule has 0 unspecified atom stereocenters. The Labute approximate surface area is 231 Å². The maximum atomic E-state index is 2.51. The third kappa shape index (κ3) is 3.85. The highest BCUT2D eigenvalue weighted by Crippen LogP contribution is 2.51. The fourth-order valence-corrected chi connectivity index (χ4v) is 6.94. The largest absolute Gasteiger partial charge is 0.0572 e. The summed E-state index contributed by atoms with van der Waals surface area (Å²) in [5, 5.41) is 11.6.